The Labute approximate surface area is 183 Å². The van der Waals surface area contributed by atoms with Crippen molar-refractivity contribution in [2.45, 2.75) is 13.0 Å². The van der Waals surface area contributed by atoms with Gasteiger partial charge in [-0.1, -0.05) is 0 Å². The van der Waals surface area contributed by atoms with Gasteiger partial charge >= 0.3 is 5.97 Å². The fourth-order valence-corrected chi connectivity index (χ4v) is 3.63. The Morgan fingerprint density at radius 1 is 1.22 bits per heavy atom. The third-order valence-electron chi connectivity index (χ3n) is 5.14. The van der Waals surface area contributed by atoms with Gasteiger partial charge in [0.15, 0.2) is 5.75 Å². The Hall–Kier alpha value is -1.44. The average molecular weight is 447 g/mol. The second kappa shape index (κ2) is 8.29. The van der Waals surface area contributed by atoms with E-state index in [0.717, 1.165) is 31.9 Å². The van der Waals surface area contributed by atoms with Crippen molar-refractivity contribution in [3.05, 3.63) is 41.5 Å². The van der Waals surface area contributed by atoms with Crippen LogP contribution in [0.2, 0.25) is 0 Å². The maximum absolute atomic E-state index is 12.6. The van der Waals surface area contributed by atoms with Crippen LogP contribution in [0.15, 0.2) is 23.1 Å². The predicted octanol–water partition coefficient (Wildman–Crippen LogP) is 1.85. The number of rotatable bonds is 2. The van der Waals surface area contributed by atoms with Crippen LogP contribution in [0.25, 0.3) is 10.9 Å². The molecule has 8 heteroatoms. The summed E-state index contributed by atoms with van der Waals surface area (Å²) in [6, 6.07) is 3.59. The number of benzene rings is 1. The fraction of sp³-hybridized carbons (Fsp3) is 0.421. The number of ether oxygens (including phenoxy) is 1. The minimum Gasteiger partial charge on any atom is -0.487 e. The van der Waals surface area contributed by atoms with Crippen molar-refractivity contribution in [2.75, 3.05) is 44.7 Å². The Kier molecular flexibility index (Phi) is 6.71. The van der Waals surface area contributed by atoms with Crippen molar-refractivity contribution in [3.63, 3.8) is 0 Å². The third kappa shape index (κ3) is 3.65. The maximum Gasteiger partial charge on any atom is 0.341 e. The molecule has 7 nitrogen and oxygen atoms in total. The van der Waals surface area contributed by atoms with Gasteiger partial charge in [0, 0.05) is 65.1 Å². The molecule has 1 aromatic carbocycles. The van der Waals surface area contributed by atoms with Crippen LogP contribution in [0.3, 0.4) is 0 Å². The van der Waals surface area contributed by atoms with E-state index in [2.05, 4.69) is 16.8 Å². The largest absolute Gasteiger partial charge is 0.487 e. The Bertz CT molecular complexity index is 919. The number of anilines is 1. The number of hydrogen-bond donors (Lipinski definition) is 1. The molecular formula is C19H24N3O4Y-. The molecule has 1 atom stereocenters. The predicted molar refractivity (Wildman–Crippen MR) is 101 cm³/mol. The zero-order valence-electron chi connectivity index (χ0n) is 15.9. The normalized spacial score (nSPS) is 19.0. The molecule has 1 aromatic heterocycles. The maximum atomic E-state index is 12.6. The van der Waals surface area contributed by atoms with E-state index in [1.807, 2.05) is 17.6 Å². The summed E-state index contributed by atoms with van der Waals surface area (Å²) < 4.78 is 7.89. The smallest absolute Gasteiger partial charge is 0.341 e. The van der Waals surface area contributed by atoms with Crippen molar-refractivity contribution < 1.29 is 47.3 Å². The van der Waals surface area contributed by atoms with Crippen LogP contribution in [-0.4, -0.2) is 60.4 Å². The molecular weight excluding hydrogens is 423 g/mol. The van der Waals surface area contributed by atoms with Gasteiger partial charge in [-0.25, -0.2) is 4.79 Å². The van der Waals surface area contributed by atoms with E-state index < -0.39 is 11.4 Å². The van der Waals surface area contributed by atoms with Crippen molar-refractivity contribution in [3.8, 4) is 5.75 Å². The van der Waals surface area contributed by atoms with E-state index in [4.69, 9.17) is 4.74 Å². The molecule has 1 N–H and O–H groups in total. The summed E-state index contributed by atoms with van der Waals surface area (Å²) in [4.78, 5) is 28.6. The summed E-state index contributed by atoms with van der Waals surface area (Å²) in [6.45, 7) is 6.14. The molecule has 1 saturated heterocycles. The van der Waals surface area contributed by atoms with E-state index in [9.17, 15) is 14.7 Å². The average Bonchev–Trinajstić information content (AvgIpc) is 2.60. The molecule has 1 fully saturated rings. The minimum absolute atomic E-state index is 0. The standard InChI is InChI=1S/C18H21N3O4.CH3.Y/c1-11-10-25-17-14(20-7-5-19(2)6-8-20)4-3-12-15(17)21(11)9-13(16(12)22)18(23)24;;/h3-4,9,11H,5-8,10H2,1-2H3,(H,23,24);1H3;/q;-1;. The first-order valence-electron chi connectivity index (χ1n) is 8.49. The number of carbonyl (C=O) groups is 1. The minimum atomic E-state index is -1.20. The Balaban J connectivity index is 0.00000131. The molecule has 27 heavy (non-hydrogen) atoms. The summed E-state index contributed by atoms with van der Waals surface area (Å²) in [5.41, 5.74) is 1.02. The van der Waals surface area contributed by atoms with Gasteiger partial charge in [-0.2, -0.15) is 0 Å². The third-order valence-corrected chi connectivity index (χ3v) is 5.14. The summed E-state index contributed by atoms with van der Waals surface area (Å²) in [6.07, 6.45) is 1.46. The number of carboxylic acid groups (broad SMARTS) is 1. The number of aromatic carboxylic acids is 1. The second-order valence-electron chi connectivity index (χ2n) is 6.84. The van der Waals surface area contributed by atoms with Gasteiger partial charge < -0.3 is 31.6 Å². The van der Waals surface area contributed by atoms with Gasteiger partial charge in [0.1, 0.15) is 12.2 Å². The van der Waals surface area contributed by atoms with Crippen LogP contribution in [-0.2, 0) is 32.7 Å². The molecule has 4 rings (SSSR count). The van der Waals surface area contributed by atoms with Gasteiger partial charge in [-0.3, -0.25) is 4.79 Å². The summed E-state index contributed by atoms with van der Waals surface area (Å²) in [5, 5.41) is 9.75. The van der Waals surface area contributed by atoms with Gasteiger partial charge in [-0.05, 0) is 26.1 Å². The van der Waals surface area contributed by atoms with Crippen LogP contribution in [0, 0.1) is 7.43 Å². The van der Waals surface area contributed by atoms with Crippen LogP contribution in [0.1, 0.15) is 23.3 Å². The van der Waals surface area contributed by atoms with Crippen molar-refractivity contribution in [1.82, 2.24) is 9.47 Å². The number of carboxylic acids is 1. The quantitative estimate of drug-likeness (QED) is 0.709. The van der Waals surface area contributed by atoms with Crippen molar-refractivity contribution in [1.29, 1.82) is 0 Å². The van der Waals surface area contributed by atoms with Crippen LogP contribution in [0.5, 0.6) is 5.75 Å². The number of hydrogen-bond acceptors (Lipinski definition) is 5. The fourth-order valence-electron chi connectivity index (χ4n) is 3.63. The first-order chi connectivity index (χ1) is 12.0. The molecule has 0 aliphatic carbocycles. The van der Waals surface area contributed by atoms with Crippen molar-refractivity contribution >= 4 is 22.6 Å². The topological polar surface area (TPSA) is 75.0 Å². The molecule has 2 aliphatic heterocycles. The number of pyridine rings is 1. The second-order valence-corrected chi connectivity index (χ2v) is 6.84. The summed E-state index contributed by atoms with van der Waals surface area (Å²) in [7, 11) is 2.10. The number of aromatic nitrogens is 1. The van der Waals surface area contributed by atoms with Crippen molar-refractivity contribution in [2.24, 2.45) is 0 Å². The number of likely N-dealkylation sites (N-methyl/N-ethyl adjacent to an activating group) is 1. The molecule has 3 heterocycles. The van der Waals surface area contributed by atoms with Gasteiger partial charge in [0.25, 0.3) is 0 Å². The molecule has 2 aliphatic rings. The SMILES string of the molecule is CC1COc2c(N3CCN(C)CC3)ccc3c(=O)c(C(=O)O)cn1c23.[CH3-].[Y]. The summed E-state index contributed by atoms with van der Waals surface area (Å²) >= 11 is 0. The molecule has 2 aromatic rings. The monoisotopic (exact) mass is 447 g/mol. The first kappa shape index (κ1) is 21.9. The molecule has 0 bridgehead atoms. The number of nitrogens with zero attached hydrogens (tertiary/aromatic N) is 3. The molecule has 1 radical (unpaired) electrons. The molecule has 0 spiro atoms. The van der Waals surface area contributed by atoms with Crippen LogP contribution >= 0.6 is 0 Å². The van der Waals surface area contributed by atoms with Gasteiger partial charge in [0.05, 0.1) is 22.6 Å². The first-order valence-corrected chi connectivity index (χ1v) is 8.49. The zero-order valence-corrected chi connectivity index (χ0v) is 18.8. The number of piperazine rings is 1. The molecule has 0 amide bonds. The van der Waals surface area contributed by atoms with Crippen LogP contribution in [0.4, 0.5) is 5.69 Å². The Morgan fingerprint density at radius 3 is 2.52 bits per heavy atom. The van der Waals surface area contributed by atoms with Gasteiger partial charge in [-0.15, -0.1) is 0 Å². The van der Waals surface area contributed by atoms with E-state index in [1.54, 1.807) is 6.07 Å². The van der Waals surface area contributed by atoms with E-state index in [1.165, 1.54) is 6.20 Å². The van der Waals surface area contributed by atoms with E-state index >= 15 is 0 Å². The van der Waals surface area contributed by atoms with Crippen LogP contribution < -0.4 is 15.1 Å². The van der Waals surface area contributed by atoms with E-state index in [-0.39, 0.29) is 51.7 Å². The Morgan fingerprint density at radius 2 is 1.89 bits per heavy atom. The molecule has 1 unspecified atom stereocenters. The van der Waals surface area contributed by atoms with E-state index in [0.29, 0.717) is 23.3 Å². The zero-order chi connectivity index (χ0) is 17.7. The molecule has 143 valence electrons. The summed E-state index contributed by atoms with van der Waals surface area (Å²) in [5.74, 6) is -0.506. The van der Waals surface area contributed by atoms with Gasteiger partial charge in [0.2, 0.25) is 5.43 Å². The molecule has 0 saturated carbocycles.